The third-order valence-corrected chi connectivity index (χ3v) is 3.10. The van der Waals surface area contributed by atoms with Crippen molar-refractivity contribution in [1.82, 2.24) is 0 Å². The van der Waals surface area contributed by atoms with Crippen LogP contribution in [0, 0.1) is 6.92 Å². The van der Waals surface area contributed by atoms with Crippen molar-refractivity contribution in [3.63, 3.8) is 0 Å². The van der Waals surface area contributed by atoms with Crippen molar-refractivity contribution in [3.05, 3.63) is 52.5 Å². The lowest BCUT2D eigenvalue weighted by molar-refractivity contribution is 1.47. The SMILES string of the molecule is Cc1ccc(-c2ccc(Br)c(N)c2)cc1. The Morgan fingerprint density at radius 2 is 1.53 bits per heavy atom. The molecule has 0 saturated heterocycles. The van der Waals surface area contributed by atoms with Gasteiger partial charge in [-0.15, -0.1) is 0 Å². The topological polar surface area (TPSA) is 26.0 Å². The lowest BCUT2D eigenvalue weighted by atomic mass is 10.0. The van der Waals surface area contributed by atoms with E-state index in [1.807, 2.05) is 12.1 Å². The Hall–Kier alpha value is -1.28. The fourth-order valence-corrected chi connectivity index (χ4v) is 1.72. The number of aryl methyl sites for hydroxylation is 1. The van der Waals surface area contributed by atoms with Crippen molar-refractivity contribution in [1.29, 1.82) is 0 Å². The molecule has 0 fully saturated rings. The van der Waals surface area contributed by atoms with Gasteiger partial charge < -0.3 is 5.73 Å². The second kappa shape index (κ2) is 4.07. The van der Waals surface area contributed by atoms with Gasteiger partial charge in [-0.25, -0.2) is 0 Å². The first kappa shape index (κ1) is 10.2. The molecule has 2 heteroatoms. The molecule has 2 aromatic rings. The minimum absolute atomic E-state index is 0.771. The van der Waals surface area contributed by atoms with Gasteiger partial charge in [0, 0.05) is 10.2 Å². The Morgan fingerprint density at radius 1 is 0.933 bits per heavy atom. The molecule has 0 aromatic heterocycles. The molecular weight excluding hydrogens is 250 g/mol. The largest absolute Gasteiger partial charge is 0.398 e. The summed E-state index contributed by atoms with van der Waals surface area (Å²) >= 11 is 3.39. The number of benzene rings is 2. The van der Waals surface area contributed by atoms with E-state index in [-0.39, 0.29) is 0 Å². The minimum atomic E-state index is 0.771. The summed E-state index contributed by atoms with van der Waals surface area (Å²) in [4.78, 5) is 0. The maximum Gasteiger partial charge on any atom is 0.0464 e. The van der Waals surface area contributed by atoms with Crippen molar-refractivity contribution in [2.45, 2.75) is 6.92 Å². The molecule has 0 heterocycles. The van der Waals surface area contributed by atoms with E-state index in [0.29, 0.717) is 0 Å². The van der Waals surface area contributed by atoms with E-state index in [1.165, 1.54) is 11.1 Å². The molecule has 0 saturated carbocycles. The van der Waals surface area contributed by atoms with Gasteiger partial charge in [0.25, 0.3) is 0 Å². The van der Waals surface area contributed by atoms with Crippen LogP contribution in [-0.2, 0) is 0 Å². The van der Waals surface area contributed by atoms with E-state index in [2.05, 4.69) is 53.2 Å². The molecule has 0 unspecified atom stereocenters. The van der Waals surface area contributed by atoms with Crippen LogP contribution in [0.4, 0.5) is 5.69 Å². The van der Waals surface area contributed by atoms with E-state index in [0.717, 1.165) is 15.7 Å². The average Bonchev–Trinajstić information content (AvgIpc) is 2.23. The van der Waals surface area contributed by atoms with E-state index >= 15 is 0 Å². The van der Waals surface area contributed by atoms with Crippen LogP contribution in [0.2, 0.25) is 0 Å². The molecule has 0 aliphatic carbocycles. The second-order valence-electron chi connectivity index (χ2n) is 3.60. The molecule has 1 nitrogen and oxygen atoms in total. The number of halogens is 1. The third kappa shape index (κ3) is 2.21. The monoisotopic (exact) mass is 261 g/mol. The molecule has 2 aromatic carbocycles. The molecule has 2 N–H and O–H groups in total. The molecule has 0 radical (unpaired) electrons. The third-order valence-electron chi connectivity index (χ3n) is 2.38. The van der Waals surface area contributed by atoms with Crippen LogP contribution in [0.5, 0.6) is 0 Å². The summed E-state index contributed by atoms with van der Waals surface area (Å²) in [6.45, 7) is 2.08. The van der Waals surface area contributed by atoms with Gasteiger partial charge in [-0.3, -0.25) is 0 Å². The highest BCUT2D eigenvalue weighted by Gasteiger charge is 2.00. The van der Waals surface area contributed by atoms with Gasteiger partial charge in [-0.2, -0.15) is 0 Å². The zero-order valence-electron chi connectivity index (χ0n) is 8.50. The van der Waals surface area contributed by atoms with Crippen LogP contribution < -0.4 is 5.73 Å². The summed E-state index contributed by atoms with van der Waals surface area (Å²) in [7, 11) is 0. The van der Waals surface area contributed by atoms with Gasteiger partial charge in [0.1, 0.15) is 0 Å². The lowest BCUT2D eigenvalue weighted by Gasteiger charge is -2.04. The zero-order chi connectivity index (χ0) is 10.8. The Bertz CT molecular complexity index is 474. The molecule has 0 atom stereocenters. The van der Waals surface area contributed by atoms with Crippen LogP contribution in [0.15, 0.2) is 46.9 Å². The number of hydrogen-bond donors (Lipinski definition) is 1. The number of nitrogens with two attached hydrogens (primary N) is 1. The van der Waals surface area contributed by atoms with Crippen LogP contribution in [0.25, 0.3) is 11.1 Å². The first-order valence-corrected chi connectivity index (χ1v) is 5.58. The zero-order valence-corrected chi connectivity index (χ0v) is 10.1. The van der Waals surface area contributed by atoms with Crippen molar-refractivity contribution in [2.24, 2.45) is 0 Å². The Balaban J connectivity index is 2.45. The Morgan fingerprint density at radius 3 is 2.13 bits per heavy atom. The number of rotatable bonds is 1. The fourth-order valence-electron chi connectivity index (χ4n) is 1.47. The summed E-state index contributed by atoms with van der Waals surface area (Å²) in [5.41, 5.74) is 10.2. The van der Waals surface area contributed by atoms with Gasteiger partial charge in [0.2, 0.25) is 0 Å². The number of hydrogen-bond acceptors (Lipinski definition) is 1. The predicted molar refractivity (Wildman–Crippen MR) is 68.7 cm³/mol. The normalized spacial score (nSPS) is 10.3. The van der Waals surface area contributed by atoms with Gasteiger partial charge in [-0.05, 0) is 46.1 Å². The highest BCUT2D eigenvalue weighted by atomic mass is 79.9. The molecule has 0 bridgehead atoms. The van der Waals surface area contributed by atoms with Crippen LogP contribution in [0.1, 0.15) is 5.56 Å². The molecule has 0 aliphatic heterocycles. The first-order chi connectivity index (χ1) is 7.16. The second-order valence-corrected chi connectivity index (χ2v) is 4.46. The molecule has 15 heavy (non-hydrogen) atoms. The van der Waals surface area contributed by atoms with Crippen molar-refractivity contribution in [3.8, 4) is 11.1 Å². The highest BCUT2D eigenvalue weighted by Crippen LogP contribution is 2.27. The smallest absolute Gasteiger partial charge is 0.0464 e. The van der Waals surface area contributed by atoms with E-state index in [4.69, 9.17) is 5.73 Å². The fraction of sp³-hybridized carbons (Fsp3) is 0.0769. The molecule has 76 valence electrons. The highest BCUT2D eigenvalue weighted by molar-refractivity contribution is 9.10. The summed E-state index contributed by atoms with van der Waals surface area (Å²) in [6, 6.07) is 14.4. The summed E-state index contributed by atoms with van der Waals surface area (Å²) < 4.78 is 0.943. The molecule has 0 amide bonds. The maximum atomic E-state index is 5.84. The van der Waals surface area contributed by atoms with Gasteiger partial charge >= 0.3 is 0 Å². The summed E-state index contributed by atoms with van der Waals surface area (Å²) in [6.07, 6.45) is 0. The molecule has 0 aliphatic rings. The molecule has 0 spiro atoms. The number of nitrogen functional groups attached to an aromatic ring is 1. The van der Waals surface area contributed by atoms with E-state index in [1.54, 1.807) is 0 Å². The van der Waals surface area contributed by atoms with E-state index in [9.17, 15) is 0 Å². The van der Waals surface area contributed by atoms with Crippen LogP contribution in [0.3, 0.4) is 0 Å². The summed E-state index contributed by atoms with van der Waals surface area (Å²) in [5, 5.41) is 0. The quantitative estimate of drug-likeness (QED) is 0.772. The summed E-state index contributed by atoms with van der Waals surface area (Å²) in [5.74, 6) is 0. The van der Waals surface area contributed by atoms with Gasteiger partial charge in [0.05, 0.1) is 0 Å². The van der Waals surface area contributed by atoms with Crippen molar-refractivity contribution in [2.75, 3.05) is 5.73 Å². The minimum Gasteiger partial charge on any atom is -0.398 e. The predicted octanol–water partition coefficient (Wildman–Crippen LogP) is 4.01. The van der Waals surface area contributed by atoms with Crippen LogP contribution in [-0.4, -0.2) is 0 Å². The van der Waals surface area contributed by atoms with E-state index < -0.39 is 0 Å². The van der Waals surface area contributed by atoms with Crippen molar-refractivity contribution >= 4 is 21.6 Å². The standard InChI is InChI=1S/C13H12BrN/c1-9-2-4-10(5-3-9)11-6-7-12(14)13(15)8-11/h2-8H,15H2,1H3. The Kier molecular flexibility index (Phi) is 2.78. The maximum absolute atomic E-state index is 5.84. The first-order valence-electron chi connectivity index (χ1n) is 4.79. The molecular formula is C13H12BrN. The van der Waals surface area contributed by atoms with Gasteiger partial charge in [-0.1, -0.05) is 35.9 Å². The van der Waals surface area contributed by atoms with Crippen LogP contribution >= 0.6 is 15.9 Å². The lowest BCUT2D eigenvalue weighted by Crippen LogP contribution is -1.87. The average molecular weight is 262 g/mol. The van der Waals surface area contributed by atoms with Gasteiger partial charge in [0.15, 0.2) is 0 Å². The number of anilines is 1. The molecule has 2 rings (SSSR count). The van der Waals surface area contributed by atoms with Crippen molar-refractivity contribution < 1.29 is 0 Å². The Labute approximate surface area is 98.1 Å².